The van der Waals surface area contributed by atoms with Crippen molar-refractivity contribution in [2.24, 2.45) is 5.41 Å². The van der Waals surface area contributed by atoms with Crippen molar-refractivity contribution in [2.45, 2.75) is 59.0 Å². The van der Waals surface area contributed by atoms with Gasteiger partial charge in [0.2, 0.25) is 0 Å². The Labute approximate surface area is 98.0 Å². The van der Waals surface area contributed by atoms with Crippen molar-refractivity contribution in [1.29, 1.82) is 0 Å². The van der Waals surface area contributed by atoms with Crippen molar-refractivity contribution < 1.29 is 0 Å². The normalized spacial score (nSPS) is 24.6. The van der Waals surface area contributed by atoms with E-state index in [0.29, 0.717) is 11.5 Å². The summed E-state index contributed by atoms with van der Waals surface area (Å²) in [5.74, 6) is 0. The summed E-state index contributed by atoms with van der Waals surface area (Å²) in [5, 5.41) is 10.7. The Hall–Kier alpha value is -0.830. The van der Waals surface area contributed by atoms with E-state index in [1.54, 1.807) is 0 Å². The number of aromatic amines is 1. The van der Waals surface area contributed by atoms with Crippen LogP contribution in [-0.2, 0) is 6.54 Å². The molecule has 90 valence electrons. The maximum absolute atomic E-state index is 4.06. The standard InChI is InChI=1S/C13H23N3/c1-10-11(9-15-16-10)8-14-12-6-4-5-7-13(12,2)3/h9,12,14H,4-8H2,1-3H3,(H,15,16). The van der Waals surface area contributed by atoms with Gasteiger partial charge in [-0.1, -0.05) is 26.7 Å². The Bertz CT molecular complexity index is 341. The van der Waals surface area contributed by atoms with E-state index in [9.17, 15) is 0 Å². The molecule has 2 rings (SSSR count). The van der Waals surface area contributed by atoms with Gasteiger partial charge in [-0.15, -0.1) is 0 Å². The van der Waals surface area contributed by atoms with E-state index >= 15 is 0 Å². The topological polar surface area (TPSA) is 40.7 Å². The second kappa shape index (κ2) is 4.58. The third-order valence-corrected chi connectivity index (χ3v) is 3.98. The highest BCUT2D eigenvalue weighted by atomic mass is 15.1. The molecule has 0 amide bonds. The van der Waals surface area contributed by atoms with Crippen molar-refractivity contribution >= 4 is 0 Å². The summed E-state index contributed by atoms with van der Waals surface area (Å²) in [7, 11) is 0. The van der Waals surface area contributed by atoms with Crippen LogP contribution in [0.2, 0.25) is 0 Å². The summed E-state index contributed by atoms with van der Waals surface area (Å²) in [6.45, 7) is 7.78. The van der Waals surface area contributed by atoms with E-state index in [2.05, 4.69) is 36.3 Å². The summed E-state index contributed by atoms with van der Waals surface area (Å²) in [6, 6.07) is 0.649. The summed E-state index contributed by atoms with van der Waals surface area (Å²) in [6.07, 6.45) is 7.33. The third kappa shape index (κ3) is 2.46. The van der Waals surface area contributed by atoms with Crippen LogP contribution in [-0.4, -0.2) is 16.2 Å². The highest BCUT2D eigenvalue weighted by Gasteiger charge is 2.31. The predicted molar refractivity (Wildman–Crippen MR) is 66.2 cm³/mol. The van der Waals surface area contributed by atoms with Gasteiger partial charge in [-0.3, -0.25) is 5.10 Å². The maximum atomic E-state index is 4.06. The van der Waals surface area contributed by atoms with E-state index in [0.717, 1.165) is 6.54 Å². The van der Waals surface area contributed by atoms with E-state index in [4.69, 9.17) is 0 Å². The molecule has 1 aromatic rings. The molecular weight excluding hydrogens is 198 g/mol. The first kappa shape index (κ1) is 11.6. The lowest BCUT2D eigenvalue weighted by molar-refractivity contribution is 0.166. The molecule has 0 aromatic carbocycles. The van der Waals surface area contributed by atoms with Crippen LogP contribution in [0.15, 0.2) is 6.20 Å². The number of aromatic nitrogens is 2. The molecule has 1 unspecified atom stereocenters. The first-order chi connectivity index (χ1) is 7.59. The SMILES string of the molecule is Cc1[nH]ncc1CNC1CCCCC1(C)C. The molecule has 3 nitrogen and oxygen atoms in total. The van der Waals surface area contributed by atoms with Gasteiger partial charge in [0, 0.05) is 23.8 Å². The Morgan fingerprint density at radius 1 is 1.50 bits per heavy atom. The molecule has 0 aliphatic heterocycles. The minimum atomic E-state index is 0.440. The molecule has 16 heavy (non-hydrogen) atoms. The summed E-state index contributed by atoms with van der Waals surface area (Å²) in [4.78, 5) is 0. The van der Waals surface area contributed by atoms with Crippen LogP contribution in [0.1, 0.15) is 50.8 Å². The van der Waals surface area contributed by atoms with Crippen LogP contribution in [0.4, 0.5) is 0 Å². The van der Waals surface area contributed by atoms with Gasteiger partial charge < -0.3 is 5.32 Å². The fraction of sp³-hybridized carbons (Fsp3) is 0.769. The van der Waals surface area contributed by atoms with Gasteiger partial charge >= 0.3 is 0 Å². The predicted octanol–water partition coefficient (Wildman–Crippen LogP) is 2.78. The Kier molecular flexibility index (Phi) is 3.33. The van der Waals surface area contributed by atoms with Gasteiger partial charge in [0.05, 0.1) is 6.20 Å². The number of nitrogens with zero attached hydrogens (tertiary/aromatic N) is 1. The molecular formula is C13H23N3. The zero-order chi connectivity index (χ0) is 11.6. The van der Waals surface area contributed by atoms with Gasteiger partial charge in [-0.25, -0.2) is 0 Å². The van der Waals surface area contributed by atoms with Gasteiger partial charge in [0.1, 0.15) is 0 Å². The minimum absolute atomic E-state index is 0.440. The van der Waals surface area contributed by atoms with Crippen LogP contribution in [0.25, 0.3) is 0 Å². The first-order valence-electron chi connectivity index (χ1n) is 6.32. The van der Waals surface area contributed by atoms with Crippen molar-refractivity contribution in [1.82, 2.24) is 15.5 Å². The fourth-order valence-electron chi connectivity index (χ4n) is 2.66. The smallest absolute Gasteiger partial charge is 0.0535 e. The molecule has 0 radical (unpaired) electrons. The van der Waals surface area contributed by atoms with E-state index in [1.165, 1.54) is 36.9 Å². The summed E-state index contributed by atoms with van der Waals surface area (Å²) < 4.78 is 0. The molecule has 2 N–H and O–H groups in total. The molecule has 0 bridgehead atoms. The van der Waals surface area contributed by atoms with Gasteiger partial charge in [0.15, 0.2) is 0 Å². The molecule has 3 heteroatoms. The number of nitrogens with one attached hydrogen (secondary N) is 2. The minimum Gasteiger partial charge on any atom is -0.309 e. The lowest BCUT2D eigenvalue weighted by atomic mass is 9.73. The van der Waals surface area contributed by atoms with Gasteiger partial charge in [-0.2, -0.15) is 5.10 Å². The zero-order valence-corrected chi connectivity index (χ0v) is 10.6. The highest BCUT2D eigenvalue weighted by Crippen LogP contribution is 2.35. The fourth-order valence-corrected chi connectivity index (χ4v) is 2.66. The lowest BCUT2D eigenvalue weighted by Crippen LogP contribution is -2.43. The molecule has 1 aliphatic rings. The van der Waals surface area contributed by atoms with Crippen molar-refractivity contribution in [3.05, 3.63) is 17.5 Å². The number of hydrogen-bond donors (Lipinski definition) is 2. The van der Waals surface area contributed by atoms with Crippen molar-refractivity contribution in [3.63, 3.8) is 0 Å². The van der Waals surface area contributed by atoms with E-state index in [1.807, 2.05) is 6.20 Å². The largest absolute Gasteiger partial charge is 0.309 e. The van der Waals surface area contributed by atoms with Crippen LogP contribution in [0.3, 0.4) is 0 Å². The van der Waals surface area contributed by atoms with E-state index < -0.39 is 0 Å². The Morgan fingerprint density at radius 2 is 2.31 bits per heavy atom. The Balaban J connectivity index is 1.92. The first-order valence-corrected chi connectivity index (χ1v) is 6.32. The summed E-state index contributed by atoms with van der Waals surface area (Å²) in [5.41, 5.74) is 2.91. The highest BCUT2D eigenvalue weighted by molar-refractivity contribution is 5.14. The summed E-state index contributed by atoms with van der Waals surface area (Å²) >= 11 is 0. The molecule has 1 heterocycles. The monoisotopic (exact) mass is 221 g/mol. The third-order valence-electron chi connectivity index (χ3n) is 3.98. The number of rotatable bonds is 3. The molecule has 1 aliphatic carbocycles. The number of H-pyrrole nitrogens is 1. The van der Waals surface area contributed by atoms with E-state index in [-0.39, 0.29) is 0 Å². The average Bonchev–Trinajstić information content (AvgIpc) is 2.62. The van der Waals surface area contributed by atoms with Crippen molar-refractivity contribution in [3.8, 4) is 0 Å². The molecule has 1 aromatic heterocycles. The van der Waals surface area contributed by atoms with Crippen molar-refractivity contribution in [2.75, 3.05) is 0 Å². The second-order valence-corrected chi connectivity index (χ2v) is 5.69. The van der Waals surface area contributed by atoms with Gasteiger partial charge in [0.25, 0.3) is 0 Å². The van der Waals surface area contributed by atoms with Crippen LogP contribution >= 0.6 is 0 Å². The molecule has 0 spiro atoms. The maximum Gasteiger partial charge on any atom is 0.0535 e. The number of aryl methyl sites for hydroxylation is 1. The van der Waals surface area contributed by atoms with Gasteiger partial charge in [-0.05, 0) is 25.2 Å². The van der Waals surface area contributed by atoms with Crippen LogP contribution < -0.4 is 5.32 Å². The quantitative estimate of drug-likeness (QED) is 0.824. The molecule has 0 saturated heterocycles. The zero-order valence-electron chi connectivity index (χ0n) is 10.6. The second-order valence-electron chi connectivity index (χ2n) is 5.69. The Morgan fingerprint density at radius 3 is 2.94 bits per heavy atom. The number of hydrogen-bond acceptors (Lipinski definition) is 2. The lowest BCUT2D eigenvalue weighted by Gasteiger charge is -2.39. The molecule has 1 fully saturated rings. The average molecular weight is 221 g/mol. The van der Waals surface area contributed by atoms with Crippen LogP contribution in [0.5, 0.6) is 0 Å². The van der Waals surface area contributed by atoms with Crippen LogP contribution in [0, 0.1) is 12.3 Å². The molecule has 1 saturated carbocycles. The molecule has 1 atom stereocenters.